The first-order valence-corrected chi connectivity index (χ1v) is 11.8. The van der Waals surface area contributed by atoms with E-state index in [0.29, 0.717) is 17.7 Å². The molecule has 1 aliphatic carbocycles. The Hall–Kier alpha value is -2.08. The van der Waals surface area contributed by atoms with Crippen molar-refractivity contribution in [1.82, 2.24) is 20.0 Å². The van der Waals surface area contributed by atoms with Gasteiger partial charge in [0.2, 0.25) is 5.91 Å². The zero-order valence-electron chi connectivity index (χ0n) is 18.6. The van der Waals surface area contributed by atoms with Gasteiger partial charge in [-0.05, 0) is 50.5 Å². The van der Waals surface area contributed by atoms with E-state index in [2.05, 4.69) is 59.3 Å². The fourth-order valence-electron chi connectivity index (χ4n) is 4.87. The number of carbonyl (C=O) groups is 1. The molecule has 0 aromatic heterocycles. The van der Waals surface area contributed by atoms with Crippen LogP contribution in [0.1, 0.15) is 44.6 Å². The van der Waals surface area contributed by atoms with Crippen LogP contribution in [0.5, 0.6) is 0 Å². The van der Waals surface area contributed by atoms with Crippen LogP contribution in [0.2, 0.25) is 0 Å². The smallest absolute Gasteiger partial charge is 0.239 e. The summed E-state index contributed by atoms with van der Waals surface area (Å²) in [6.07, 6.45) is 3.55. The van der Waals surface area contributed by atoms with E-state index >= 15 is 0 Å². The zero-order chi connectivity index (χ0) is 20.9. The number of hydrogen-bond donors (Lipinski definition) is 1. The number of likely N-dealkylation sites (tertiary alicyclic amines) is 1. The maximum Gasteiger partial charge on any atom is 0.239 e. The molecule has 164 valence electrons. The minimum absolute atomic E-state index is 0.0112. The Labute approximate surface area is 181 Å². The Morgan fingerprint density at radius 3 is 2.43 bits per heavy atom. The number of carbonyl (C=O) groups excluding carboxylic acids is 1. The zero-order valence-corrected chi connectivity index (χ0v) is 18.6. The van der Waals surface area contributed by atoms with Crippen LogP contribution in [0, 0.1) is 5.92 Å². The summed E-state index contributed by atoms with van der Waals surface area (Å²) in [4.78, 5) is 24.5. The minimum Gasteiger partial charge on any atom is -0.357 e. The summed E-state index contributed by atoms with van der Waals surface area (Å²) in [5.41, 5.74) is 1.45. The molecular weight excluding hydrogens is 374 g/mol. The van der Waals surface area contributed by atoms with Crippen molar-refractivity contribution < 1.29 is 4.79 Å². The van der Waals surface area contributed by atoms with Gasteiger partial charge in [-0.25, -0.2) is 0 Å². The van der Waals surface area contributed by atoms with Crippen LogP contribution in [-0.4, -0.2) is 85.0 Å². The van der Waals surface area contributed by atoms with Crippen LogP contribution in [0.25, 0.3) is 0 Å². The molecule has 1 amide bonds. The molecule has 2 saturated heterocycles. The summed E-state index contributed by atoms with van der Waals surface area (Å²) < 4.78 is 0. The topological polar surface area (TPSA) is 51.2 Å². The lowest BCUT2D eigenvalue weighted by Gasteiger charge is -2.39. The minimum atomic E-state index is -0.0112. The number of hydrogen-bond acceptors (Lipinski definition) is 3. The van der Waals surface area contributed by atoms with Crippen LogP contribution in [0.4, 0.5) is 0 Å². The number of nitrogens with zero attached hydrogens (tertiary/aromatic N) is 4. The lowest BCUT2D eigenvalue weighted by Crippen LogP contribution is -2.57. The van der Waals surface area contributed by atoms with Crippen molar-refractivity contribution in [3.63, 3.8) is 0 Å². The average molecular weight is 412 g/mol. The second-order valence-corrected chi connectivity index (χ2v) is 8.94. The second-order valence-electron chi connectivity index (χ2n) is 8.94. The summed E-state index contributed by atoms with van der Waals surface area (Å²) in [5, 5.41) is 3.48. The molecule has 2 heterocycles. The number of piperazine rings is 1. The first-order chi connectivity index (χ1) is 14.7. The highest BCUT2D eigenvalue weighted by atomic mass is 16.2. The van der Waals surface area contributed by atoms with Gasteiger partial charge in [0.05, 0.1) is 6.04 Å². The molecule has 4 rings (SSSR count). The van der Waals surface area contributed by atoms with Gasteiger partial charge in [0, 0.05) is 52.4 Å². The standard InChI is InChI=1S/C24H37N5O/c1-3-25-24(26-18-21-17-22(21)20-9-5-4-6-10-20)29-15-13-27(14-16-29)19(2)23(30)28-11-7-8-12-28/h4-6,9-10,19,21-22H,3,7-8,11-18H2,1-2H3,(H,25,26). The van der Waals surface area contributed by atoms with Crippen molar-refractivity contribution in [3.8, 4) is 0 Å². The largest absolute Gasteiger partial charge is 0.357 e. The first kappa shape index (κ1) is 21.2. The highest BCUT2D eigenvalue weighted by Gasteiger charge is 2.38. The molecule has 6 nitrogen and oxygen atoms in total. The third-order valence-electron chi connectivity index (χ3n) is 6.90. The van der Waals surface area contributed by atoms with E-state index in [1.807, 2.05) is 4.90 Å². The molecule has 2 aliphatic heterocycles. The Morgan fingerprint density at radius 1 is 1.07 bits per heavy atom. The molecule has 30 heavy (non-hydrogen) atoms. The van der Waals surface area contributed by atoms with E-state index in [4.69, 9.17) is 4.99 Å². The molecule has 0 spiro atoms. The van der Waals surface area contributed by atoms with Gasteiger partial charge in [0.25, 0.3) is 0 Å². The van der Waals surface area contributed by atoms with Crippen molar-refractivity contribution in [3.05, 3.63) is 35.9 Å². The van der Waals surface area contributed by atoms with Gasteiger partial charge in [0.15, 0.2) is 5.96 Å². The number of aliphatic imine (C=N–C) groups is 1. The number of guanidine groups is 1. The summed E-state index contributed by atoms with van der Waals surface area (Å²) in [6.45, 7) is 11.5. The molecule has 3 aliphatic rings. The second kappa shape index (κ2) is 9.82. The van der Waals surface area contributed by atoms with Gasteiger partial charge in [-0.2, -0.15) is 0 Å². The van der Waals surface area contributed by atoms with E-state index in [1.54, 1.807) is 0 Å². The highest BCUT2D eigenvalue weighted by Crippen LogP contribution is 2.47. The Bertz CT molecular complexity index is 722. The summed E-state index contributed by atoms with van der Waals surface area (Å²) in [7, 11) is 0. The lowest BCUT2D eigenvalue weighted by molar-refractivity contribution is -0.135. The van der Waals surface area contributed by atoms with Gasteiger partial charge >= 0.3 is 0 Å². The van der Waals surface area contributed by atoms with Crippen molar-refractivity contribution in [2.75, 3.05) is 52.4 Å². The van der Waals surface area contributed by atoms with Crippen LogP contribution < -0.4 is 5.32 Å². The number of rotatable bonds is 6. The maximum absolute atomic E-state index is 12.7. The van der Waals surface area contributed by atoms with Crippen LogP contribution in [0.3, 0.4) is 0 Å². The number of nitrogens with one attached hydrogen (secondary N) is 1. The van der Waals surface area contributed by atoms with Crippen LogP contribution in [0.15, 0.2) is 35.3 Å². The van der Waals surface area contributed by atoms with Crippen molar-refractivity contribution in [1.29, 1.82) is 0 Å². The van der Waals surface area contributed by atoms with Crippen LogP contribution in [-0.2, 0) is 4.79 Å². The summed E-state index contributed by atoms with van der Waals surface area (Å²) >= 11 is 0. The van der Waals surface area contributed by atoms with Gasteiger partial charge < -0.3 is 15.1 Å². The SMILES string of the molecule is CCNC(=NCC1CC1c1ccccc1)N1CCN(C(C)C(=O)N2CCCC2)CC1. The molecule has 3 fully saturated rings. The van der Waals surface area contributed by atoms with E-state index in [9.17, 15) is 4.79 Å². The first-order valence-electron chi connectivity index (χ1n) is 11.8. The van der Waals surface area contributed by atoms with Crippen molar-refractivity contribution in [2.24, 2.45) is 10.9 Å². The lowest BCUT2D eigenvalue weighted by atomic mass is 10.1. The molecule has 0 bridgehead atoms. The Morgan fingerprint density at radius 2 is 1.77 bits per heavy atom. The molecular formula is C24H37N5O. The number of benzene rings is 1. The monoisotopic (exact) mass is 411 g/mol. The van der Waals surface area contributed by atoms with Gasteiger partial charge in [0.1, 0.15) is 0 Å². The molecule has 6 heteroatoms. The molecule has 1 aromatic rings. The van der Waals surface area contributed by atoms with Crippen molar-refractivity contribution in [2.45, 2.75) is 45.1 Å². The quantitative estimate of drug-likeness (QED) is 0.577. The summed E-state index contributed by atoms with van der Waals surface area (Å²) in [6, 6.07) is 10.8. The fourth-order valence-corrected chi connectivity index (χ4v) is 4.87. The van der Waals surface area contributed by atoms with Crippen molar-refractivity contribution >= 4 is 11.9 Å². The molecule has 3 unspecified atom stereocenters. The predicted octanol–water partition coefficient (Wildman–Crippen LogP) is 2.38. The van der Waals surface area contributed by atoms with E-state index in [-0.39, 0.29) is 6.04 Å². The average Bonchev–Trinajstić information content (AvgIpc) is 3.36. The maximum atomic E-state index is 12.7. The third-order valence-corrected chi connectivity index (χ3v) is 6.90. The van der Waals surface area contributed by atoms with Crippen LogP contribution >= 0.6 is 0 Å². The molecule has 1 aromatic carbocycles. The molecule has 3 atom stereocenters. The predicted molar refractivity (Wildman–Crippen MR) is 122 cm³/mol. The Balaban J connectivity index is 1.28. The fraction of sp³-hybridized carbons (Fsp3) is 0.667. The Kier molecular flexibility index (Phi) is 6.93. The van der Waals surface area contributed by atoms with E-state index in [1.165, 1.54) is 12.0 Å². The highest BCUT2D eigenvalue weighted by molar-refractivity contribution is 5.82. The molecule has 1 saturated carbocycles. The normalized spacial score (nSPS) is 26.0. The van der Waals surface area contributed by atoms with Gasteiger partial charge in [-0.3, -0.25) is 14.7 Å². The molecule has 1 N–H and O–H groups in total. The number of amides is 1. The third kappa shape index (κ3) is 4.97. The van der Waals surface area contributed by atoms with Gasteiger partial charge in [-0.1, -0.05) is 30.3 Å². The van der Waals surface area contributed by atoms with E-state index in [0.717, 1.165) is 71.2 Å². The van der Waals surface area contributed by atoms with E-state index < -0.39 is 0 Å². The molecule has 0 radical (unpaired) electrons. The van der Waals surface area contributed by atoms with Gasteiger partial charge in [-0.15, -0.1) is 0 Å². The summed E-state index contributed by atoms with van der Waals surface area (Å²) in [5.74, 6) is 2.68.